The average molecular weight is 384 g/mol. The number of nitrogens with zero attached hydrogens (tertiary/aromatic N) is 1. The number of carbonyl (C=O) groups is 3. The van der Waals surface area contributed by atoms with Gasteiger partial charge in [-0.05, 0) is 39.0 Å². The number of benzene rings is 1. The quantitative estimate of drug-likeness (QED) is 0.587. The maximum Gasteiger partial charge on any atom is 0.411 e. The van der Waals surface area contributed by atoms with E-state index in [9.17, 15) is 14.4 Å². The molecule has 0 saturated carbocycles. The van der Waals surface area contributed by atoms with E-state index < -0.39 is 29.8 Å². The van der Waals surface area contributed by atoms with Gasteiger partial charge in [-0.3, -0.25) is 9.69 Å². The summed E-state index contributed by atoms with van der Waals surface area (Å²) in [6, 6.07) is 3.89. The van der Waals surface area contributed by atoms with Crippen LogP contribution in [0.5, 0.6) is 5.75 Å². The molecular formula is C18H22ClNO6. The Morgan fingerprint density at radius 2 is 2.00 bits per heavy atom. The normalized spacial score (nSPS) is 19.8. The van der Waals surface area contributed by atoms with Gasteiger partial charge < -0.3 is 14.2 Å². The molecule has 1 aromatic carbocycles. The second kappa shape index (κ2) is 7.95. The van der Waals surface area contributed by atoms with Crippen molar-refractivity contribution in [3.05, 3.63) is 28.8 Å². The maximum absolute atomic E-state index is 12.4. The molecule has 1 aliphatic heterocycles. The largest absolute Gasteiger partial charge is 0.488 e. The molecule has 0 N–H and O–H groups in total. The third kappa shape index (κ3) is 4.88. The lowest BCUT2D eigenvalue weighted by Gasteiger charge is -2.27. The van der Waals surface area contributed by atoms with Gasteiger partial charge in [-0.25, -0.2) is 9.59 Å². The first kappa shape index (κ1) is 20.0. The maximum atomic E-state index is 12.4. The summed E-state index contributed by atoms with van der Waals surface area (Å²) in [5.74, 6) is -0.0865. The fraction of sp³-hybridized carbons (Fsp3) is 0.500. The molecule has 0 aliphatic carbocycles. The van der Waals surface area contributed by atoms with Crippen molar-refractivity contribution in [2.24, 2.45) is 0 Å². The molecule has 0 aromatic heterocycles. The van der Waals surface area contributed by atoms with Crippen LogP contribution in [0.15, 0.2) is 18.2 Å². The SMILES string of the molecule is COC(=O)[C@@H]1C[C@H](Oc2ccc(C=O)c(Cl)c2)CN1C(=O)OC(C)(C)C. The summed E-state index contributed by atoms with van der Waals surface area (Å²) in [7, 11) is 1.27. The number of likely N-dealkylation sites (tertiary alicyclic amines) is 1. The van der Waals surface area contributed by atoms with Crippen molar-refractivity contribution in [3.8, 4) is 5.75 Å². The van der Waals surface area contributed by atoms with Gasteiger partial charge in [0.15, 0.2) is 6.29 Å². The topological polar surface area (TPSA) is 82.1 Å². The predicted molar refractivity (Wildman–Crippen MR) is 94.6 cm³/mol. The molecule has 1 fully saturated rings. The summed E-state index contributed by atoms with van der Waals surface area (Å²) in [6.45, 7) is 5.41. The van der Waals surface area contributed by atoms with Crippen LogP contribution in [-0.2, 0) is 14.3 Å². The van der Waals surface area contributed by atoms with Crippen molar-refractivity contribution in [2.45, 2.75) is 44.9 Å². The highest BCUT2D eigenvalue weighted by atomic mass is 35.5. The molecule has 1 amide bonds. The molecular weight excluding hydrogens is 362 g/mol. The molecule has 0 bridgehead atoms. The van der Waals surface area contributed by atoms with E-state index in [4.69, 9.17) is 25.8 Å². The summed E-state index contributed by atoms with van der Waals surface area (Å²) in [4.78, 5) is 36.6. The van der Waals surface area contributed by atoms with Crippen molar-refractivity contribution >= 4 is 29.9 Å². The van der Waals surface area contributed by atoms with E-state index in [0.717, 1.165) is 0 Å². The fourth-order valence-electron chi connectivity index (χ4n) is 2.63. The zero-order valence-corrected chi connectivity index (χ0v) is 15.9. The Morgan fingerprint density at radius 1 is 1.31 bits per heavy atom. The Hall–Kier alpha value is -2.28. The van der Waals surface area contributed by atoms with Gasteiger partial charge in [-0.15, -0.1) is 0 Å². The number of carbonyl (C=O) groups excluding carboxylic acids is 3. The molecule has 0 radical (unpaired) electrons. The number of methoxy groups -OCH3 is 1. The third-order valence-corrected chi connectivity index (χ3v) is 4.09. The van der Waals surface area contributed by atoms with Gasteiger partial charge in [-0.1, -0.05) is 11.6 Å². The van der Waals surface area contributed by atoms with Gasteiger partial charge in [0.05, 0.1) is 18.7 Å². The van der Waals surface area contributed by atoms with Crippen LogP contribution in [0.25, 0.3) is 0 Å². The predicted octanol–water partition coefficient (Wildman–Crippen LogP) is 3.08. The molecule has 1 aromatic rings. The molecule has 26 heavy (non-hydrogen) atoms. The molecule has 142 valence electrons. The minimum absolute atomic E-state index is 0.168. The molecule has 1 saturated heterocycles. The van der Waals surface area contributed by atoms with Gasteiger partial charge in [0.1, 0.15) is 23.5 Å². The molecule has 0 unspecified atom stereocenters. The Labute approximate surface area is 157 Å². The first-order valence-corrected chi connectivity index (χ1v) is 8.51. The fourth-order valence-corrected chi connectivity index (χ4v) is 2.85. The summed E-state index contributed by atoms with van der Waals surface area (Å²) < 4.78 is 16.0. The number of amides is 1. The third-order valence-electron chi connectivity index (χ3n) is 3.77. The number of aldehydes is 1. The minimum Gasteiger partial charge on any atom is -0.488 e. The highest BCUT2D eigenvalue weighted by Crippen LogP contribution is 2.28. The summed E-state index contributed by atoms with van der Waals surface area (Å²) in [5, 5.41) is 0.268. The van der Waals surface area contributed by atoms with Crippen molar-refractivity contribution in [1.82, 2.24) is 4.90 Å². The molecule has 0 spiro atoms. The number of ether oxygens (including phenoxy) is 3. The van der Waals surface area contributed by atoms with E-state index in [-0.39, 0.29) is 18.0 Å². The highest BCUT2D eigenvalue weighted by Gasteiger charge is 2.43. The standard InChI is InChI=1S/C18H22ClNO6/c1-18(2,3)26-17(23)20-9-13(8-15(20)16(22)24-4)25-12-6-5-11(10-21)14(19)7-12/h5-7,10,13,15H,8-9H2,1-4H3/t13-,15-/m0/s1. The summed E-state index contributed by atoms with van der Waals surface area (Å²) in [5.41, 5.74) is -0.331. The highest BCUT2D eigenvalue weighted by molar-refractivity contribution is 6.33. The minimum atomic E-state index is -0.787. The number of hydrogen-bond acceptors (Lipinski definition) is 6. The zero-order chi connectivity index (χ0) is 19.5. The van der Waals surface area contributed by atoms with Crippen LogP contribution in [0.3, 0.4) is 0 Å². The van der Waals surface area contributed by atoms with Crippen molar-refractivity contribution in [1.29, 1.82) is 0 Å². The van der Waals surface area contributed by atoms with Crippen LogP contribution in [0, 0.1) is 0 Å². The lowest BCUT2D eigenvalue weighted by atomic mass is 10.2. The van der Waals surface area contributed by atoms with Crippen LogP contribution < -0.4 is 4.74 Å². The van der Waals surface area contributed by atoms with Crippen molar-refractivity contribution in [2.75, 3.05) is 13.7 Å². The zero-order valence-electron chi connectivity index (χ0n) is 15.2. The van der Waals surface area contributed by atoms with E-state index >= 15 is 0 Å². The molecule has 1 aliphatic rings. The van der Waals surface area contributed by atoms with Crippen molar-refractivity contribution < 1.29 is 28.6 Å². The first-order chi connectivity index (χ1) is 12.1. The van der Waals surface area contributed by atoms with Crippen LogP contribution in [0.4, 0.5) is 4.79 Å². The van der Waals surface area contributed by atoms with Gasteiger partial charge in [0.2, 0.25) is 0 Å². The van der Waals surface area contributed by atoms with E-state index in [0.29, 0.717) is 17.6 Å². The Morgan fingerprint density at radius 3 is 2.54 bits per heavy atom. The van der Waals surface area contributed by atoms with E-state index in [1.54, 1.807) is 32.9 Å². The number of rotatable bonds is 4. The monoisotopic (exact) mass is 383 g/mol. The smallest absolute Gasteiger partial charge is 0.411 e. The van der Waals surface area contributed by atoms with E-state index in [1.165, 1.54) is 18.1 Å². The molecule has 2 atom stereocenters. The molecule has 8 heteroatoms. The van der Waals surface area contributed by atoms with Crippen molar-refractivity contribution in [3.63, 3.8) is 0 Å². The lowest BCUT2D eigenvalue weighted by molar-refractivity contribution is -0.145. The number of hydrogen-bond donors (Lipinski definition) is 0. The molecule has 2 rings (SSSR count). The van der Waals surface area contributed by atoms with Crippen LogP contribution in [-0.4, -0.2) is 54.7 Å². The lowest BCUT2D eigenvalue weighted by Crippen LogP contribution is -2.44. The Bertz CT molecular complexity index is 699. The summed E-state index contributed by atoms with van der Waals surface area (Å²) >= 11 is 6.00. The van der Waals surface area contributed by atoms with Gasteiger partial charge >= 0.3 is 12.1 Å². The number of esters is 1. The summed E-state index contributed by atoms with van der Waals surface area (Å²) in [6.07, 6.45) is -0.129. The van der Waals surface area contributed by atoms with Crippen LogP contribution in [0.1, 0.15) is 37.6 Å². The molecule has 7 nitrogen and oxygen atoms in total. The number of halogens is 1. The van der Waals surface area contributed by atoms with Crippen LogP contribution in [0.2, 0.25) is 5.02 Å². The Kier molecular flexibility index (Phi) is 6.13. The van der Waals surface area contributed by atoms with E-state index in [1.807, 2.05) is 0 Å². The first-order valence-electron chi connectivity index (χ1n) is 8.13. The van der Waals surface area contributed by atoms with Gasteiger partial charge in [0, 0.05) is 12.0 Å². The van der Waals surface area contributed by atoms with Gasteiger partial charge in [-0.2, -0.15) is 0 Å². The second-order valence-corrected chi connectivity index (χ2v) is 7.36. The van der Waals surface area contributed by atoms with E-state index in [2.05, 4.69) is 0 Å². The van der Waals surface area contributed by atoms with Crippen LogP contribution >= 0.6 is 11.6 Å². The average Bonchev–Trinajstić information content (AvgIpc) is 2.97. The van der Waals surface area contributed by atoms with Gasteiger partial charge in [0.25, 0.3) is 0 Å². The second-order valence-electron chi connectivity index (χ2n) is 6.95. The Balaban J connectivity index is 2.14. The molecule has 1 heterocycles.